The third kappa shape index (κ3) is 7.35. The van der Waals surface area contributed by atoms with Gasteiger partial charge in [-0.1, -0.05) is 29.8 Å². The van der Waals surface area contributed by atoms with Crippen molar-refractivity contribution in [3.05, 3.63) is 71.3 Å². The van der Waals surface area contributed by atoms with Crippen molar-refractivity contribution in [2.45, 2.75) is 38.8 Å². The van der Waals surface area contributed by atoms with Gasteiger partial charge in [0.15, 0.2) is 0 Å². The van der Waals surface area contributed by atoms with E-state index < -0.39 is 12.1 Å². The SMILES string of the molecule is CC(C)=CCN(CC(=O)Nc1ccc(C2CCN(C(=O)C(F)(F)F)CC2)cc1)c1cccc(C#N)c1. The number of anilines is 2. The average molecular weight is 499 g/mol. The highest BCUT2D eigenvalue weighted by Gasteiger charge is 2.43. The van der Waals surface area contributed by atoms with Crippen molar-refractivity contribution in [1.82, 2.24) is 4.90 Å². The lowest BCUT2D eigenvalue weighted by Crippen LogP contribution is -2.45. The number of nitriles is 1. The minimum atomic E-state index is -4.84. The summed E-state index contributed by atoms with van der Waals surface area (Å²) >= 11 is 0. The number of hydrogen-bond acceptors (Lipinski definition) is 4. The highest BCUT2D eigenvalue weighted by molar-refractivity contribution is 5.94. The van der Waals surface area contributed by atoms with E-state index in [2.05, 4.69) is 11.4 Å². The molecule has 2 aromatic rings. The van der Waals surface area contributed by atoms with E-state index in [1.165, 1.54) is 0 Å². The summed E-state index contributed by atoms with van der Waals surface area (Å²) in [5.74, 6) is -1.94. The topological polar surface area (TPSA) is 76.4 Å². The molecule has 0 aromatic heterocycles. The Bertz CT molecular complexity index is 1140. The molecule has 9 heteroatoms. The molecule has 0 radical (unpaired) electrons. The first-order valence-corrected chi connectivity index (χ1v) is 11.7. The number of nitrogens with zero attached hydrogens (tertiary/aromatic N) is 3. The van der Waals surface area contributed by atoms with Crippen LogP contribution in [0.25, 0.3) is 0 Å². The average Bonchev–Trinajstić information content (AvgIpc) is 2.86. The van der Waals surface area contributed by atoms with Crippen LogP contribution in [-0.4, -0.2) is 49.1 Å². The third-order valence-electron chi connectivity index (χ3n) is 6.09. The second-order valence-corrected chi connectivity index (χ2v) is 9.06. The zero-order valence-corrected chi connectivity index (χ0v) is 20.3. The molecule has 0 bridgehead atoms. The number of rotatable bonds is 7. The fourth-order valence-electron chi connectivity index (χ4n) is 4.13. The van der Waals surface area contributed by atoms with Crippen molar-refractivity contribution in [2.75, 3.05) is 36.4 Å². The molecule has 190 valence electrons. The molecule has 0 atom stereocenters. The number of likely N-dealkylation sites (tertiary alicyclic amines) is 1. The summed E-state index contributed by atoms with van der Waals surface area (Å²) in [6.45, 7) is 4.68. The van der Waals surface area contributed by atoms with E-state index in [4.69, 9.17) is 0 Å². The summed E-state index contributed by atoms with van der Waals surface area (Å²) in [5.41, 5.74) is 3.97. The van der Waals surface area contributed by atoms with Crippen LogP contribution in [0.2, 0.25) is 0 Å². The lowest BCUT2D eigenvalue weighted by Gasteiger charge is -2.32. The quantitative estimate of drug-likeness (QED) is 0.530. The van der Waals surface area contributed by atoms with Crippen molar-refractivity contribution < 1.29 is 22.8 Å². The lowest BCUT2D eigenvalue weighted by molar-refractivity contribution is -0.186. The Morgan fingerprint density at radius 3 is 2.39 bits per heavy atom. The molecule has 0 aliphatic carbocycles. The van der Waals surface area contributed by atoms with Gasteiger partial charge >= 0.3 is 12.1 Å². The van der Waals surface area contributed by atoms with Gasteiger partial charge in [-0.3, -0.25) is 9.59 Å². The number of allylic oxidation sites excluding steroid dienone is 1. The molecule has 1 fully saturated rings. The van der Waals surface area contributed by atoms with Crippen molar-refractivity contribution in [3.63, 3.8) is 0 Å². The zero-order chi connectivity index (χ0) is 26.3. The van der Waals surface area contributed by atoms with E-state index in [-0.39, 0.29) is 31.5 Å². The summed E-state index contributed by atoms with van der Waals surface area (Å²) in [6.07, 6.45) is -1.93. The normalized spacial score (nSPS) is 14.1. The van der Waals surface area contributed by atoms with Gasteiger partial charge in [-0.05, 0) is 68.5 Å². The Kier molecular flexibility index (Phi) is 8.75. The van der Waals surface area contributed by atoms with Gasteiger partial charge in [0.2, 0.25) is 5.91 Å². The molecule has 0 saturated carbocycles. The van der Waals surface area contributed by atoms with Crippen molar-refractivity contribution >= 4 is 23.2 Å². The van der Waals surface area contributed by atoms with Crippen LogP contribution in [0.3, 0.4) is 0 Å². The number of halogens is 3. The van der Waals surface area contributed by atoms with Crippen LogP contribution in [0.4, 0.5) is 24.5 Å². The lowest BCUT2D eigenvalue weighted by atomic mass is 9.89. The first kappa shape index (κ1) is 26.8. The fraction of sp³-hybridized carbons (Fsp3) is 0.370. The molecule has 6 nitrogen and oxygen atoms in total. The zero-order valence-electron chi connectivity index (χ0n) is 20.3. The molecule has 36 heavy (non-hydrogen) atoms. The molecule has 0 unspecified atom stereocenters. The highest BCUT2D eigenvalue weighted by atomic mass is 19.4. The largest absolute Gasteiger partial charge is 0.471 e. The summed E-state index contributed by atoms with van der Waals surface area (Å²) in [4.78, 5) is 27.0. The molecule has 1 aliphatic heterocycles. The maximum absolute atomic E-state index is 12.8. The summed E-state index contributed by atoms with van der Waals surface area (Å²) in [6, 6.07) is 16.5. The number of piperidine rings is 1. The molecule has 1 aliphatic rings. The Labute approximate surface area is 209 Å². The van der Waals surface area contributed by atoms with Crippen LogP contribution in [0.15, 0.2) is 60.2 Å². The number of nitrogens with one attached hydrogen (secondary N) is 1. The number of hydrogen-bond donors (Lipinski definition) is 1. The van der Waals surface area contributed by atoms with Crippen LogP contribution < -0.4 is 10.2 Å². The van der Waals surface area contributed by atoms with Crippen LogP contribution in [0.5, 0.6) is 0 Å². The first-order chi connectivity index (χ1) is 17.1. The van der Waals surface area contributed by atoms with Crippen molar-refractivity contribution in [3.8, 4) is 6.07 Å². The van der Waals surface area contributed by atoms with Crippen LogP contribution in [-0.2, 0) is 9.59 Å². The first-order valence-electron chi connectivity index (χ1n) is 11.7. The maximum atomic E-state index is 12.8. The molecule has 1 heterocycles. The van der Waals surface area contributed by atoms with Gasteiger partial charge < -0.3 is 15.1 Å². The van der Waals surface area contributed by atoms with E-state index in [9.17, 15) is 28.0 Å². The van der Waals surface area contributed by atoms with Gasteiger partial charge in [0.25, 0.3) is 0 Å². The van der Waals surface area contributed by atoms with E-state index in [1.54, 1.807) is 30.3 Å². The van der Waals surface area contributed by atoms with Gasteiger partial charge in [-0.15, -0.1) is 0 Å². The van der Waals surface area contributed by atoms with E-state index >= 15 is 0 Å². The van der Waals surface area contributed by atoms with Crippen LogP contribution in [0.1, 0.15) is 43.7 Å². The maximum Gasteiger partial charge on any atom is 0.471 e. The molecule has 1 N–H and O–H groups in total. The number of alkyl halides is 3. The second kappa shape index (κ2) is 11.8. The summed E-state index contributed by atoms with van der Waals surface area (Å²) < 4.78 is 37.9. The van der Waals surface area contributed by atoms with Gasteiger partial charge in [0.05, 0.1) is 18.2 Å². The van der Waals surface area contributed by atoms with Gasteiger partial charge in [0, 0.05) is 31.0 Å². The Hall–Kier alpha value is -3.80. The predicted octanol–water partition coefficient (Wildman–Crippen LogP) is 5.24. The van der Waals surface area contributed by atoms with Crippen LogP contribution >= 0.6 is 0 Å². The molecule has 1 saturated heterocycles. The monoisotopic (exact) mass is 498 g/mol. The molecule has 2 amide bonds. The smallest absolute Gasteiger partial charge is 0.358 e. The number of carbonyl (C=O) groups excluding carboxylic acids is 2. The Morgan fingerprint density at radius 2 is 1.81 bits per heavy atom. The van der Waals surface area contributed by atoms with E-state index in [0.29, 0.717) is 30.6 Å². The molecular formula is C27H29F3N4O2. The fourth-order valence-corrected chi connectivity index (χ4v) is 4.13. The highest BCUT2D eigenvalue weighted by Crippen LogP contribution is 2.31. The van der Waals surface area contributed by atoms with Gasteiger partial charge in [-0.25, -0.2) is 0 Å². The van der Waals surface area contributed by atoms with Crippen molar-refractivity contribution in [2.24, 2.45) is 0 Å². The minimum Gasteiger partial charge on any atom is -0.358 e. The van der Waals surface area contributed by atoms with Gasteiger partial charge in [-0.2, -0.15) is 18.4 Å². The Morgan fingerprint density at radius 1 is 1.14 bits per heavy atom. The molecule has 3 rings (SSSR count). The Balaban J connectivity index is 1.60. The number of benzene rings is 2. The third-order valence-corrected chi connectivity index (χ3v) is 6.09. The van der Waals surface area contributed by atoms with Gasteiger partial charge in [0.1, 0.15) is 0 Å². The minimum absolute atomic E-state index is 0.0546. The second-order valence-electron chi connectivity index (χ2n) is 9.06. The molecule has 2 aromatic carbocycles. The van der Waals surface area contributed by atoms with E-state index in [1.807, 2.05) is 43.0 Å². The van der Waals surface area contributed by atoms with Crippen molar-refractivity contribution in [1.29, 1.82) is 5.26 Å². The summed E-state index contributed by atoms with van der Waals surface area (Å²) in [7, 11) is 0. The molecule has 0 spiro atoms. The number of carbonyl (C=O) groups is 2. The number of amides is 2. The van der Waals surface area contributed by atoms with E-state index in [0.717, 1.165) is 21.7 Å². The summed E-state index contributed by atoms with van der Waals surface area (Å²) in [5, 5.41) is 12.1. The van der Waals surface area contributed by atoms with Crippen LogP contribution in [0, 0.1) is 11.3 Å². The molecular weight excluding hydrogens is 469 g/mol. The predicted molar refractivity (Wildman–Crippen MR) is 132 cm³/mol. The standard InChI is InChI=1S/C27H29F3N4O2/c1-19(2)10-13-34(24-5-3-4-20(16-24)17-31)18-25(35)32-23-8-6-21(7-9-23)22-11-14-33(15-12-22)26(36)27(28,29)30/h3-10,16,22H,11-15,18H2,1-2H3,(H,32,35).